The molecule has 1 fully saturated rings. The van der Waals surface area contributed by atoms with Crippen LogP contribution >= 0.6 is 0 Å². The van der Waals surface area contributed by atoms with Gasteiger partial charge in [-0.3, -0.25) is 4.79 Å². The number of carbonyl (C=O) groups is 1. The smallest absolute Gasteiger partial charge is 0.255 e. The highest BCUT2D eigenvalue weighted by molar-refractivity contribution is 7.91. The van der Waals surface area contributed by atoms with E-state index < -0.39 is 9.84 Å². The van der Waals surface area contributed by atoms with Gasteiger partial charge in [-0.15, -0.1) is 0 Å². The molecule has 1 atom stereocenters. The van der Waals surface area contributed by atoms with Crippen molar-refractivity contribution in [2.45, 2.75) is 45.7 Å². The molecule has 0 spiro atoms. The van der Waals surface area contributed by atoms with Gasteiger partial charge in [-0.05, 0) is 60.3 Å². The van der Waals surface area contributed by atoms with Crippen LogP contribution in [0.15, 0.2) is 12.3 Å². The maximum absolute atomic E-state index is 13.6. The molecule has 1 amide bonds. The van der Waals surface area contributed by atoms with Crippen molar-refractivity contribution >= 4 is 26.8 Å². The Labute approximate surface area is 172 Å². The first-order valence-electron chi connectivity index (χ1n) is 10.1. The van der Waals surface area contributed by atoms with Gasteiger partial charge in [0.1, 0.15) is 0 Å². The minimum atomic E-state index is -3.09. The lowest BCUT2D eigenvalue weighted by molar-refractivity contribution is 0.0692. The summed E-state index contributed by atoms with van der Waals surface area (Å²) in [6, 6.07) is 1.64. The van der Waals surface area contributed by atoms with E-state index in [2.05, 4.69) is 15.0 Å². The van der Waals surface area contributed by atoms with Crippen molar-refractivity contribution in [3.8, 4) is 0 Å². The van der Waals surface area contributed by atoms with Crippen molar-refractivity contribution in [1.82, 2.24) is 24.6 Å². The molecule has 1 aliphatic heterocycles. The predicted octanol–water partition coefficient (Wildman–Crippen LogP) is 1.90. The van der Waals surface area contributed by atoms with E-state index in [1.54, 1.807) is 17.2 Å². The summed E-state index contributed by atoms with van der Waals surface area (Å²) in [6.45, 7) is 7.27. The lowest BCUT2D eigenvalue weighted by Crippen LogP contribution is -2.42. The molecule has 2 aromatic rings. The molecule has 1 unspecified atom stereocenters. The van der Waals surface area contributed by atoms with Gasteiger partial charge in [0, 0.05) is 24.3 Å². The molecule has 0 aliphatic carbocycles. The molecule has 0 aromatic carbocycles. The van der Waals surface area contributed by atoms with Crippen LogP contribution in [0.1, 0.15) is 48.8 Å². The molecule has 0 radical (unpaired) electrons. The van der Waals surface area contributed by atoms with Gasteiger partial charge in [-0.1, -0.05) is 0 Å². The number of fused-ring (bicyclic) bond motifs is 1. The fourth-order valence-corrected chi connectivity index (χ4v) is 5.61. The van der Waals surface area contributed by atoms with E-state index in [1.807, 2.05) is 39.5 Å². The highest BCUT2D eigenvalue weighted by atomic mass is 32.2. The third-order valence-corrected chi connectivity index (χ3v) is 7.08. The minimum absolute atomic E-state index is 0.0408. The van der Waals surface area contributed by atoms with Crippen LogP contribution in [0.4, 0.5) is 0 Å². The van der Waals surface area contributed by atoms with E-state index >= 15 is 0 Å². The first kappa shape index (κ1) is 21.7. The normalized spacial score (nSPS) is 18.8. The molecule has 0 saturated carbocycles. The van der Waals surface area contributed by atoms with Crippen molar-refractivity contribution < 1.29 is 13.2 Å². The number of hydrogen-bond acceptors (Lipinski definition) is 6. The van der Waals surface area contributed by atoms with Gasteiger partial charge < -0.3 is 9.80 Å². The number of nitrogens with zero attached hydrogens (tertiary/aromatic N) is 5. The van der Waals surface area contributed by atoms with Gasteiger partial charge in [0.15, 0.2) is 15.5 Å². The zero-order valence-corrected chi connectivity index (χ0v) is 18.7. The number of carbonyl (C=O) groups excluding carboxylic acids is 1. The van der Waals surface area contributed by atoms with Crippen LogP contribution in [0, 0.1) is 6.92 Å². The lowest BCUT2D eigenvalue weighted by atomic mass is 10.1. The molecule has 1 saturated heterocycles. The largest absolute Gasteiger partial charge is 0.335 e. The summed E-state index contributed by atoms with van der Waals surface area (Å²) in [7, 11) is 0.888. The monoisotopic (exact) mass is 421 g/mol. The Balaban J connectivity index is 1.98. The third-order valence-electron chi connectivity index (χ3n) is 5.33. The average Bonchev–Trinajstić information content (AvgIpc) is 3.20. The van der Waals surface area contributed by atoms with Gasteiger partial charge in [-0.2, -0.15) is 5.10 Å². The van der Waals surface area contributed by atoms with Crippen molar-refractivity contribution in [1.29, 1.82) is 0 Å². The molecular weight excluding hydrogens is 390 g/mol. The highest BCUT2D eigenvalue weighted by Gasteiger charge is 2.35. The maximum atomic E-state index is 13.6. The van der Waals surface area contributed by atoms with Crippen molar-refractivity contribution in [3.05, 3.63) is 23.5 Å². The summed E-state index contributed by atoms with van der Waals surface area (Å²) < 4.78 is 25.9. The van der Waals surface area contributed by atoms with Crippen molar-refractivity contribution in [2.24, 2.45) is 0 Å². The third kappa shape index (κ3) is 4.78. The number of sulfone groups is 1. The van der Waals surface area contributed by atoms with Crippen LogP contribution in [0.5, 0.6) is 0 Å². The average molecular weight is 422 g/mol. The summed E-state index contributed by atoms with van der Waals surface area (Å²) in [6.07, 6.45) is 2.97. The van der Waals surface area contributed by atoms with E-state index in [4.69, 9.17) is 0 Å². The number of aromatic nitrogens is 3. The van der Waals surface area contributed by atoms with E-state index in [9.17, 15) is 13.2 Å². The Morgan fingerprint density at radius 2 is 2.03 bits per heavy atom. The van der Waals surface area contributed by atoms with Crippen LogP contribution in [0.3, 0.4) is 0 Å². The van der Waals surface area contributed by atoms with E-state index in [0.29, 0.717) is 29.6 Å². The number of rotatable bonds is 7. The first-order chi connectivity index (χ1) is 13.6. The Morgan fingerprint density at radius 3 is 2.62 bits per heavy atom. The molecule has 1 aliphatic rings. The summed E-state index contributed by atoms with van der Waals surface area (Å²) in [5.41, 5.74) is 1.99. The number of amides is 1. The molecule has 29 heavy (non-hydrogen) atoms. The molecule has 2 aromatic heterocycles. The van der Waals surface area contributed by atoms with Gasteiger partial charge in [0.2, 0.25) is 0 Å². The van der Waals surface area contributed by atoms with Gasteiger partial charge in [-0.25, -0.2) is 18.1 Å². The number of hydrogen-bond donors (Lipinski definition) is 0. The zero-order chi connectivity index (χ0) is 21.3. The second kappa shape index (κ2) is 8.39. The predicted molar refractivity (Wildman–Crippen MR) is 114 cm³/mol. The van der Waals surface area contributed by atoms with Crippen LogP contribution in [0.25, 0.3) is 11.0 Å². The van der Waals surface area contributed by atoms with Crippen LogP contribution in [0.2, 0.25) is 0 Å². The Kier molecular flexibility index (Phi) is 6.28. The molecule has 3 heterocycles. The van der Waals surface area contributed by atoms with Gasteiger partial charge >= 0.3 is 0 Å². The van der Waals surface area contributed by atoms with Gasteiger partial charge in [0.25, 0.3) is 5.91 Å². The standard InChI is InChI=1S/C20H31N5O3S/c1-14(2)25-19-18(12-21-25)17(11-15(3)22-19)20(26)24(9-6-8-23(4)5)16-7-10-29(27,28)13-16/h11-12,14,16H,6-10,13H2,1-5H3. The lowest BCUT2D eigenvalue weighted by Gasteiger charge is -2.29. The molecule has 0 bridgehead atoms. The molecule has 0 N–H and O–H groups in total. The Hall–Kier alpha value is -2.00. The fraction of sp³-hybridized carbons (Fsp3) is 0.650. The van der Waals surface area contributed by atoms with Crippen LogP contribution in [-0.2, 0) is 9.84 Å². The van der Waals surface area contributed by atoms with E-state index in [-0.39, 0.29) is 29.5 Å². The summed E-state index contributed by atoms with van der Waals surface area (Å²) in [5.74, 6) is 0.0503. The number of aryl methyl sites for hydroxylation is 1. The molecule has 8 nitrogen and oxygen atoms in total. The molecular formula is C20H31N5O3S. The zero-order valence-electron chi connectivity index (χ0n) is 17.9. The summed E-state index contributed by atoms with van der Waals surface area (Å²) >= 11 is 0. The second-order valence-electron chi connectivity index (χ2n) is 8.44. The minimum Gasteiger partial charge on any atom is -0.335 e. The Morgan fingerprint density at radius 1 is 1.31 bits per heavy atom. The van der Waals surface area contributed by atoms with Crippen LogP contribution in [-0.4, -0.2) is 83.6 Å². The second-order valence-corrected chi connectivity index (χ2v) is 10.7. The molecule has 3 rings (SSSR count). The van der Waals surface area contributed by atoms with Gasteiger partial charge in [0.05, 0.1) is 28.7 Å². The van der Waals surface area contributed by atoms with E-state index in [1.165, 1.54) is 0 Å². The maximum Gasteiger partial charge on any atom is 0.255 e. The SMILES string of the molecule is Cc1cc(C(=O)N(CCCN(C)C)C2CCS(=O)(=O)C2)c2cnn(C(C)C)c2n1. The molecule has 160 valence electrons. The highest BCUT2D eigenvalue weighted by Crippen LogP contribution is 2.25. The molecule has 9 heteroatoms. The summed E-state index contributed by atoms with van der Waals surface area (Å²) in [4.78, 5) is 22.0. The quantitative estimate of drug-likeness (QED) is 0.678. The van der Waals surface area contributed by atoms with Crippen molar-refractivity contribution in [3.63, 3.8) is 0 Å². The Bertz CT molecular complexity index is 997. The summed E-state index contributed by atoms with van der Waals surface area (Å²) in [5, 5.41) is 5.14. The van der Waals surface area contributed by atoms with Crippen LogP contribution < -0.4 is 0 Å². The number of pyridine rings is 1. The topological polar surface area (TPSA) is 88.4 Å². The van der Waals surface area contributed by atoms with E-state index in [0.717, 1.165) is 18.7 Å². The van der Waals surface area contributed by atoms with Crippen molar-refractivity contribution in [2.75, 3.05) is 38.7 Å². The first-order valence-corrected chi connectivity index (χ1v) is 11.9. The fourth-order valence-electron chi connectivity index (χ4n) is 3.88.